The Labute approximate surface area is 227 Å². The predicted molar refractivity (Wildman–Crippen MR) is 146 cm³/mol. The number of esters is 1. The van der Waals surface area contributed by atoms with Gasteiger partial charge in [-0.15, -0.1) is 0 Å². The zero-order chi connectivity index (χ0) is 27.3. The summed E-state index contributed by atoms with van der Waals surface area (Å²) in [5.74, 6) is -0.618. The lowest BCUT2D eigenvalue weighted by Crippen LogP contribution is -2.40. The number of fused-ring (bicyclic) bond motifs is 2. The van der Waals surface area contributed by atoms with Crippen LogP contribution in [-0.2, 0) is 18.2 Å². The maximum Gasteiger partial charge on any atom is 0.337 e. The van der Waals surface area contributed by atoms with Gasteiger partial charge in [-0.25, -0.2) is 14.8 Å². The van der Waals surface area contributed by atoms with E-state index in [1.165, 1.54) is 11.7 Å². The van der Waals surface area contributed by atoms with Gasteiger partial charge in [0.15, 0.2) is 11.3 Å². The number of ether oxygens (including phenoxy) is 1. The zero-order valence-electron chi connectivity index (χ0n) is 21.1. The number of nitrogens with zero attached hydrogens (tertiary/aromatic N) is 4. The van der Waals surface area contributed by atoms with Crippen LogP contribution in [0.1, 0.15) is 33.1 Å². The van der Waals surface area contributed by atoms with Crippen LogP contribution in [0, 0.1) is 0 Å². The number of anilines is 1. The molecule has 196 valence electrons. The van der Waals surface area contributed by atoms with Gasteiger partial charge in [-0.2, -0.15) is 0 Å². The van der Waals surface area contributed by atoms with E-state index in [1.54, 1.807) is 31.3 Å². The highest BCUT2D eigenvalue weighted by atomic mass is 35.5. The van der Waals surface area contributed by atoms with Gasteiger partial charge in [0.25, 0.3) is 11.4 Å². The largest absolute Gasteiger partial charge is 0.501 e. The van der Waals surface area contributed by atoms with Crippen molar-refractivity contribution in [3.8, 4) is 17.3 Å². The number of methoxy groups -OCH3 is 1. The summed E-state index contributed by atoms with van der Waals surface area (Å²) in [5.41, 5.74) is 3.54. The predicted octanol–water partition coefficient (Wildman–Crippen LogP) is 4.89. The summed E-state index contributed by atoms with van der Waals surface area (Å²) in [5, 5.41) is 11.3. The molecule has 1 aliphatic rings. The van der Waals surface area contributed by atoms with Crippen LogP contribution in [0.2, 0.25) is 5.02 Å². The Hall–Kier alpha value is -4.63. The summed E-state index contributed by atoms with van der Waals surface area (Å²) in [6.07, 6.45) is 0.566. The Morgan fingerprint density at radius 1 is 1.08 bits per heavy atom. The Balaban J connectivity index is 1.55. The molecule has 0 fully saturated rings. The van der Waals surface area contributed by atoms with Gasteiger partial charge in [0.2, 0.25) is 11.7 Å². The van der Waals surface area contributed by atoms with Gasteiger partial charge in [-0.05, 0) is 53.4 Å². The van der Waals surface area contributed by atoms with E-state index in [2.05, 4.69) is 4.98 Å². The van der Waals surface area contributed by atoms with E-state index in [4.69, 9.17) is 25.7 Å². The minimum Gasteiger partial charge on any atom is -0.501 e. The van der Waals surface area contributed by atoms with Crippen molar-refractivity contribution in [3.63, 3.8) is 0 Å². The summed E-state index contributed by atoms with van der Waals surface area (Å²) < 4.78 is 12.1. The topological polar surface area (TPSA) is 111 Å². The first-order valence-electron chi connectivity index (χ1n) is 12.3. The molecule has 0 saturated heterocycles. The molecule has 9 nitrogen and oxygen atoms in total. The monoisotopic (exact) mass is 542 g/mol. The fourth-order valence-electron chi connectivity index (χ4n) is 5.08. The molecular formula is C29H23ClN4O5. The number of rotatable bonds is 4. The molecule has 39 heavy (non-hydrogen) atoms. The highest BCUT2D eigenvalue weighted by Crippen LogP contribution is 2.41. The maximum absolute atomic E-state index is 13.2. The van der Waals surface area contributed by atoms with Gasteiger partial charge in [-0.3, -0.25) is 9.36 Å². The first-order chi connectivity index (χ1) is 18.9. The van der Waals surface area contributed by atoms with Gasteiger partial charge in [0, 0.05) is 18.6 Å². The number of aromatic nitrogens is 3. The molecular weight excluding hydrogens is 520 g/mol. The van der Waals surface area contributed by atoms with Crippen LogP contribution in [0.5, 0.6) is 5.75 Å². The van der Waals surface area contributed by atoms with E-state index in [0.29, 0.717) is 40.6 Å². The average Bonchev–Trinajstić information content (AvgIpc) is 3.39. The Morgan fingerprint density at radius 3 is 2.62 bits per heavy atom. The Morgan fingerprint density at radius 2 is 1.85 bits per heavy atom. The summed E-state index contributed by atoms with van der Waals surface area (Å²) in [6, 6.07) is 19.6. The van der Waals surface area contributed by atoms with Crippen molar-refractivity contribution < 1.29 is 19.1 Å². The average molecular weight is 543 g/mol. The number of hydrogen-bond donors (Lipinski definition) is 1. The second-order valence-corrected chi connectivity index (χ2v) is 9.64. The molecule has 1 unspecified atom stereocenters. The number of benzene rings is 3. The lowest BCUT2D eigenvalue weighted by molar-refractivity contribution is 0.0600. The highest BCUT2D eigenvalue weighted by Gasteiger charge is 2.34. The summed E-state index contributed by atoms with van der Waals surface area (Å²) >= 11 is 6.69. The van der Waals surface area contributed by atoms with Crippen molar-refractivity contribution in [1.82, 2.24) is 14.5 Å². The molecule has 1 N–H and O–H groups in total. The van der Waals surface area contributed by atoms with Gasteiger partial charge < -0.3 is 19.2 Å². The molecule has 3 aromatic carbocycles. The van der Waals surface area contributed by atoms with Crippen LogP contribution in [0.15, 0.2) is 75.9 Å². The minimum atomic E-state index is -0.637. The first kappa shape index (κ1) is 24.7. The SMILES string of the molecule is COC(=O)c1ccc2c(c1)CCN(c1nc(-c3nc4ccccc4o3)c(O)c(=O)n1C)C2c1ccccc1Cl. The fraction of sp³-hybridized carbons (Fsp3) is 0.172. The van der Waals surface area contributed by atoms with Crippen molar-refractivity contribution in [3.05, 3.63) is 104 Å². The van der Waals surface area contributed by atoms with Crippen molar-refractivity contribution in [1.29, 1.82) is 0 Å². The third-order valence-corrected chi connectivity index (χ3v) is 7.33. The number of hydrogen-bond acceptors (Lipinski definition) is 8. The quantitative estimate of drug-likeness (QED) is 0.320. The number of para-hydroxylation sites is 2. The minimum absolute atomic E-state index is 0.0436. The maximum atomic E-state index is 13.2. The van der Waals surface area contributed by atoms with Crippen LogP contribution in [0.25, 0.3) is 22.7 Å². The van der Waals surface area contributed by atoms with E-state index in [1.807, 2.05) is 47.4 Å². The normalized spacial score (nSPS) is 14.8. The number of oxazole rings is 1. The van der Waals surface area contributed by atoms with Crippen molar-refractivity contribution in [2.75, 3.05) is 18.6 Å². The van der Waals surface area contributed by atoms with Crippen molar-refractivity contribution in [2.24, 2.45) is 7.05 Å². The molecule has 0 aliphatic carbocycles. The number of carbonyl (C=O) groups excluding carboxylic acids is 1. The second kappa shape index (κ2) is 9.59. The summed E-state index contributed by atoms with van der Waals surface area (Å²) in [6.45, 7) is 0.450. The van der Waals surface area contributed by atoms with Gasteiger partial charge >= 0.3 is 5.97 Å². The van der Waals surface area contributed by atoms with Crippen LogP contribution >= 0.6 is 11.6 Å². The van der Waals surface area contributed by atoms with E-state index in [9.17, 15) is 14.7 Å². The fourth-order valence-corrected chi connectivity index (χ4v) is 5.32. The number of carbonyl (C=O) groups is 1. The third kappa shape index (κ3) is 4.11. The van der Waals surface area contributed by atoms with Crippen LogP contribution in [0.4, 0.5) is 5.95 Å². The van der Waals surface area contributed by atoms with E-state index < -0.39 is 23.3 Å². The van der Waals surface area contributed by atoms with Crippen LogP contribution < -0.4 is 10.5 Å². The van der Waals surface area contributed by atoms with E-state index >= 15 is 0 Å². The Bertz CT molecular complexity index is 1780. The molecule has 6 rings (SSSR count). The second-order valence-electron chi connectivity index (χ2n) is 9.23. The third-order valence-electron chi connectivity index (χ3n) is 6.99. The lowest BCUT2D eigenvalue weighted by atomic mass is 9.87. The molecule has 0 amide bonds. The van der Waals surface area contributed by atoms with Gasteiger partial charge in [0.1, 0.15) is 5.52 Å². The molecule has 0 radical (unpaired) electrons. The molecule has 5 aromatic rings. The molecule has 0 saturated carbocycles. The molecule has 1 atom stereocenters. The smallest absolute Gasteiger partial charge is 0.337 e. The first-order valence-corrected chi connectivity index (χ1v) is 12.6. The molecule has 3 heterocycles. The van der Waals surface area contributed by atoms with Gasteiger partial charge in [-0.1, -0.05) is 48.0 Å². The number of halogens is 1. The summed E-state index contributed by atoms with van der Waals surface area (Å²) in [7, 11) is 2.90. The molecule has 10 heteroatoms. The van der Waals surface area contributed by atoms with E-state index in [0.717, 1.165) is 16.7 Å². The number of aromatic hydroxyl groups is 1. The molecule has 1 aliphatic heterocycles. The van der Waals surface area contributed by atoms with Crippen LogP contribution in [0.3, 0.4) is 0 Å². The van der Waals surface area contributed by atoms with E-state index in [-0.39, 0.29) is 11.6 Å². The zero-order valence-corrected chi connectivity index (χ0v) is 21.8. The standard InChI is InChI=1S/C29H23ClN4O5/c1-33-27(36)25(35)23(26-31-21-9-5-6-10-22(21)39-26)32-29(33)34-14-13-16-15-17(28(37)38-2)11-12-18(16)24(34)19-7-3-4-8-20(19)30/h3-12,15,24,35H,13-14H2,1-2H3. The lowest BCUT2D eigenvalue weighted by Gasteiger charge is -2.39. The van der Waals surface area contributed by atoms with Crippen molar-refractivity contribution >= 4 is 34.6 Å². The van der Waals surface area contributed by atoms with Gasteiger partial charge in [0.05, 0.1) is 18.7 Å². The van der Waals surface area contributed by atoms with Crippen molar-refractivity contribution in [2.45, 2.75) is 12.5 Å². The highest BCUT2D eigenvalue weighted by molar-refractivity contribution is 6.31. The molecule has 0 spiro atoms. The molecule has 2 aromatic heterocycles. The van der Waals surface area contributed by atoms with Crippen LogP contribution in [-0.4, -0.2) is 39.3 Å². The Kier molecular flexibility index (Phi) is 6.07. The molecule has 0 bridgehead atoms. The summed E-state index contributed by atoms with van der Waals surface area (Å²) in [4.78, 5) is 36.6.